The van der Waals surface area contributed by atoms with Gasteiger partial charge in [-0.3, -0.25) is 14.4 Å². The zero-order chi connectivity index (χ0) is 22.3. The summed E-state index contributed by atoms with van der Waals surface area (Å²) in [6, 6.07) is 20.9. The van der Waals surface area contributed by atoms with Gasteiger partial charge in [0.15, 0.2) is 6.61 Å². The van der Waals surface area contributed by atoms with Crippen LogP contribution in [0.15, 0.2) is 72.1 Å². The minimum atomic E-state index is -0.444. The number of carbonyl (C=O) groups excluding carboxylic acids is 3. The zero-order valence-electron chi connectivity index (χ0n) is 17.5. The normalized spacial score (nSPS) is 15.8. The van der Waals surface area contributed by atoms with Crippen molar-refractivity contribution in [2.24, 2.45) is 5.92 Å². The molecule has 32 heavy (non-hydrogen) atoms. The largest absolute Gasteiger partial charge is 0.455 e. The van der Waals surface area contributed by atoms with Gasteiger partial charge in [-0.05, 0) is 35.9 Å². The predicted molar refractivity (Wildman–Crippen MR) is 124 cm³/mol. The molecular weight excluding hydrogens is 424 g/mol. The summed E-state index contributed by atoms with van der Waals surface area (Å²) in [5.74, 6) is -1.32. The Balaban J connectivity index is 1.32. The molecule has 1 aliphatic heterocycles. The van der Waals surface area contributed by atoms with E-state index < -0.39 is 17.8 Å². The van der Waals surface area contributed by atoms with E-state index in [9.17, 15) is 14.4 Å². The van der Waals surface area contributed by atoms with Crippen LogP contribution >= 0.6 is 11.3 Å². The summed E-state index contributed by atoms with van der Waals surface area (Å²) in [5, 5.41) is 4.69. The maximum Gasteiger partial charge on any atom is 0.311 e. The van der Waals surface area contributed by atoms with Crippen molar-refractivity contribution in [2.45, 2.75) is 12.8 Å². The van der Waals surface area contributed by atoms with Gasteiger partial charge in [0, 0.05) is 24.3 Å². The van der Waals surface area contributed by atoms with Gasteiger partial charge < -0.3 is 15.0 Å². The number of likely N-dealkylation sites (tertiary alicyclic amines) is 1. The first kappa shape index (κ1) is 21.8. The summed E-state index contributed by atoms with van der Waals surface area (Å²) in [4.78, 5) is 39.9. The molecule has 3 aromatic rings. The highest BCUT2D eigenvalue weighted by molar-refractivity contribution is 7.12. The highest BCUT2D eigenvalue weighted by Crippen LogP contribution is 2.27. The number of nitrogens with one attached hydrogen (secondary N) is 1. The molecule has 164 valence electrons. The fourth-order valence-corrected chi connectivity index (χ4v) is 4.50. The van der Waals surface area contributed by atoms with Gasteiger partial charge in [0.05, 0.1) is 10.8 Å². The van der Waals surface area contributed by atoms with Crippen LogP contribution in [0.25, 0.3) is 11.1 Å². The Labute approximate surface area is 190 Å². The van der Waals surface area contributed by atoms with Crippen LogP contribution in [0.2, 0.25) is 0 Å². The van der Waals surface area contributed by atoms with Crippen LogP contribution in [0.4, 0.5) is 5.69 Å². The molecule has 1 aliphatic rings. The number of ether oxygens (including phenoxy) is 1. The van der Waals surface area contributed by atoms with Crippen LogP contribution in [0.1, 0.15) is 22.5 Å². The van der Waals surface area contributed by atoms with Crippen LogP contribution in [-0.2, 0) is 14.3 Å². The third-order valence-corrected chi connectivity index (χ3v) is 6.26. The number of carbonyl (C=O) groups is 3. The number of hydrogen-bond acceptors (Lipinski definition) is 5. The number of nitrogens with zero attached hydrogens (tertiary/aromatic N) is 1. The van der Waals surface area contributed by atoms with Gasteiger partial charge in [0.25, 0.3) is 11.8 Å². The molecule has 2 aromatic carbocycles. The fourth-order valence-electron chi connectivity index (χ4n) is 3.81. The molecule has 0 aliphatic carbocycles. The Kier molecular flexibility index (Phi) is 6.97. The van der Waals surface area contributed by atoms with E-state index in [4.69, 9.17) is 4.74 Å². The minimum Gasteiger partial charge on any atom is -0.455 e. The lowest BCUT2D eigenvalue weighted by Crippen LogP contribution is -2.43. The molecule has 2 heterocycles. The Morgan fingerprint density at radius 2 is 1.78 bits per heavy atom. The highest BCUT2D eigenvalue weighted by Gasteiger charge is 2.30. The van der Waals surface area contributed by atoms with Crippen LogP contribution < -0.4 is 5.32 Å². The van der Waals surface area contributed by atoms with Crippen LogP contribution in [0.3, 0.4) is 0 Å². The molecule has 7 heteroatoms. The van der Waals surface area contributed by atoms with Crippen LogP contribution in [0.5, 0.6) is 0 Å². The molecule has 6 nitrogen and oxygen atoms in total. The second-order valence-corrected chi connectivity index (χ2v) is 8.58. The second kappa shape index (κ2) is 10.2. The van der Waals surface area contributed by atoms with Crippen molar-refractivity contribution >= 4 is 34.8 Å². The van der Waals surface area contributed by atoms with Gasteiger partial charge in [-0.2, -0.15) is 0 Å². The van der Waals surface area contributed by atoms with Gasteiger partial charge in [-0.1, -0.05) is 54.6 Å². The number of para-hydroxylation sites is 1. The van der Waals surface area contributed by atoms with Crippen molar-refractivity contribution in [3.05, 3.63) is 77.0 Å². The predicted octanol–water partition coefficient (Wildman–Crippen LogP) is 4.45. The van der Waals surface area contributed by atoms with E-state index in [1.807, 2.05) is 66.0 Å². The Morgan fingerprint density at radius 1 is 1.00 bits per heavy atom. The quantitative estimate of drug-likeness (QED) is 0.566. The van der Waals surface area contributed by atoms with Crippen LogP contribution in [-0.4, -0.2) is 42.4 Å². The van der Waals surface area contributed by atoms with E-state index in [2.05, 4.69) is 5.32 Å². The van der Waals surface area contributed by atoms with Crippen molar-refractivity contribution in [1.82, 2.24) is 4.90 Å². The van der Waals surface area contributed by atoms with Gasteiger partial charge in [-0.25, -0.2) is 0 Å². The van der Waals surface area contributed by atoms with Gasteiger partial charge >= 0.3 is 5.97 Å². The average molecular weight is 449 g/mol. The Morgan fingerprint density at radius 3 is 2.56 bits per heavy atom. The highest BCUT2D eigenvalue weighted by atomic mass is 32.1. The van der Waals surface area contributed by atoms with E-state index in [-0.39, 0.29) is 12.5 Å². The number of amides is 2. The zero-order valence-corrected chi connectivity index (χ0v) is 18.3. The second-order valence-electron chi connectivity index (χ2n) is 7.64. The van der Waals surface area contributed by atoms with E-state index in [0.717, 1.165) is 17.5 Å². The average Bonchev–Trinajstić information content (AvgIpc) is 3.38. The SMILES string of the molecule is O=C(COC(=O)C1CCCN(C(=O)c2cccs2)C1)Nc1ccccc1-c1ccccc1. The first-order chi connectivity index (χ1) is 15.6. The number of rotatable bonds is 6. The Hall–Kier alpha value is -3.45. The van der Waals surface area contributed by atoms with Gasteiger partial charge in [0.2, 0.25) is 0 Å². The van der Waals surface area contributed by atoms with Crippen LogP contribution in [0, 0.1) is 5.92 Å². The summed E-state index contributed by atoms with van der Waals surface area (Å²) < 4.78 is 5.29. The van der Waals surface area contributed by atoms with Crippen molar-refractivity contribution in [2.75, 3.05) is 25.0 Å². The molecule has 0 bridgehead atoms. The summed E-state index contributed by atoms with van der Waals surface area (Å²) in [6.07, 6.45) is 1.37. The minimum absolute atomic E-state index is 0.0623. The number of esters is 1. The lowest BCUT2D eigenvalue weighted by Gasteiger charge is -2.31. The monoisotopic (exact) mass is 448 g/mol. The number of benzene rings is 2. The van der Waals surface area contributed by atoms with Crippen molar-refractivity contribution in [3.8, 4) is 11.1 Å². The van der Waals surface area contributed by atoms with E-state index in [1.54, 1.807) is 11.0 Å². The molecule has 1 fully saturated rings. The summed E-state index contributed by atoms with van der Waals surface area (Å²) in [6.45, 7) is 0.572. The molecule has 1 N–H and O–H groups in total. The maximum atomic E-state index is 12.6. The lowest BCUT2D eigenvalue weighted by atomic mass is 9.98. The van der Waals surface area contributed by atoms with E-state index >= 15 is 0 Å². The topological polar surface area (TPSA) is 75.7 Å². The number of thiophene rings is 1. The third-order valence-electron chi connectivity index (χ3n) is 5.41. The molecule has 1 unspecified atom stereocenters. The smallest absolute Gasteiger partial charge is 0.311 e. The van der Waals surface area contributed by atoms with Crippen molar-refractivity contribution in [1.29, 1.82) is 0 Å². The summed E-state index contributed by atoms with van der Waals surface area (Å²) >= 11 is 1.39. The molecule has 1 saturated heterocycles. The third kappa shape index (κ3) is 5.23. The number of hydrogen-bond donors (Lipinski definition) is 1. The summed E-state index contributed by atoms with van der Waals surface area (Å²) in [7, 11) is 0. The molecule has 0 spiro atoms. The van der Waals surface area contributed by atoms with E-state index in [0.29, 0.717) is 30.1 Å². The standard InChI is InChI=1S/C25H24N2O4S/c28-23(26-21-12-5-4-11-20(21)18-8-2-1-3-9-18)17-31-25(30)19-10-6-14-27(16-19)24(29)22-13-7-15-32-22/h1-5,7-9,11-13,15,19H,6,10,14,16-17H2,(H,26,28). The maximum absolute atomic E-state index is 12.6. The van der Waals surface area contributed by atoms with Gasteiger partial charge in [-0.15, -0.1) is 11.3 Å². The first-order valence-electron chi connectivity index (χ1n) is 10.6. The molecule has 4 rings (SSSR count). The molecule has 2 amide bonds. The van der Waals surface area contributed by atoms with E-state index in [1.165, 1.54) is 11.3 Å². The summed E-state index contributed by atoms with van der Waals surface area (Å²) in [5.41, 5.74) is 2.53. The number of anilines is 1. The molecule has 0 saturated carbocycles. The van der Waals surface area contributed by atoms with Crippen molar-refractivity contribution < 1.29 is 19.1 Å². The Bertz CT molecular complexity index is 1080. The molecular formula is C25H24N2O4S. The van der Waals surface area contributed by atoms with Gasteiger partial charge in [0.1, 0.15) is 0 Å². The lowest BCUT2D eigenvalue weighted by molar-refractivity contribution is -0.152. The molecule has 0 radical (unpaired) electrons. The number of piperidine rings is 1. The molecule has 1 atom stereocenters. The molecule has 1 aromatic heterocycles. The fraction of sp³-hybridized carbons (Fsp3) is 0.240. The van der Waals surface area contributed by atoms with Crippen molar-refractivity contribution in [3.63, 3.8) is 0 Å². The first-order valence-corrected chi connectivity index (χ1v) is 11.4.